The van der Waals surface area contributed by atoms with E-state index in [-0.39, 0.29) is 11.6 Å². The minimum absolute atomic E-state index is 0.0807. The number of fused-ring (bicyclic) bond motifs is 1. The monoisotopic (exact) mass is 420 g/mol. The average Bonchev–Trinajstić information content (AvgIpc) is 2.57. The van der Waals surface area contributed by atoms with Gasteiger partial charge in [-0.3, -0.25) is 9.59 Å². The zero-order valence-electron chi connectivity index (χ0n) is 11.7. The fraction of sp³-hybridized carbons (Fsp3) is 0.111. The van der Waals surface area contributed by atoms with Gasteiger partial charge in [0.05, 0.1) is 0 Å². The van der Waals surface area contributed by atoms with Gasteiger partial charge in [0.2, 0.25) is 0 Å². The lowest BCUT2D eigenvalue weighted by molar-refractivity contribution is 0.100. The maximum absolute atomic E-state index is 12.6. The first kappa shape index (κ1) is 15.5. The third-order valence-electron chi connectivity index (χ3n) is 3.47. The van der Waals surface area contributed by atoms with Crippen molar-refractivity contribution >= 4 is 51.5 Å². The van der Waals surface area contributed by atoms with E-state index in [0.29, 0.717) is 16.7 Å². The van der Waals surface area contributed by atoms with Gasteiger partial charge in [-0.05, 0) is 23.8 Å². The summed E-state index contributed by atoms with van der Waals surface area (Å²) in [5, 5.41) is 0. The van der Waals surface area contributed by atoms with Crippen LogP contribution in [0.1, 0.15) is 26.3 Å². The molecular formula is C18H13IO2S. The Kier molecular flexibility index (Phi) is 4.78. The Morgan fingerprint density at radius 1 is 0.909 bits per heavy atom. The third-order valence-corrected chi connectivity index (χ3v) is 5.75. The van der Waals surface area contributed by atoms with Crippen LogP contribution in [0, 0.1) is 0 Å². The number of ketones is 2. The number of halogens is 1. The van der Waals surface area contributed by atoms with E-state index in [1.165, 1.54) is 11.0 Å². The van der Waals surface area contributed by atoms with Crippen LogP contribution < -0.4 is 0 Å². The van der Waals surface area contributed by atoms with Crippen LogP contribution in [0.3, 0.4) is 0 Å². The van der Waals surface area contributed by atoms with Crippen LogP contribution >= 0.6 is 34.4 Å². The molecule has 0 radical (unpaired) electrons. The number of alkyl halides is 1. The normalized spacial score (nSPS) is 13.8. The fourth-order valence-corrected chi connectivity index (χ4v) is 3.72. The summed E-state index contributed by atoms with van der Waals surface area (Å²) in [5.41, 5.74) is 2.26. The van der Waals surface area contributed by atoms with Crippen LogP contribution in [0.25, 0.3) is 5.57 Å². The molecular weight excluding hydrogens is 407 g/mol. The van der Waals surface area contributed by atoms with E-state index in [1.807, 2.05) is 24.3 Å². The first-order valence-electron chi connectivity index (χ1n) is 6.89. The second-order valence-corrected chi connectivity index (χ2v) is 7.11. The highest BCUT2D eigenvalue weighted by atomic mass is 127. The molecule has 0 aliphatic heterocycles. The molecule has 0 saturated heterocycles. The average molecular weight is 420 g/mol. The van der Waals surface area contributed by atoms with Gasteiger partial charge < -0.3 is 0 Å². The molecule has 1 aliphatic carbocycles. The lowest BCUT2D eigenvalue weighted by Crippen LogP contribution is -2.15. The summed E-state index contributed by atoms with van der Waals surface area (Å²) >= 11 is 4.14. The molecule has 0 bridgehead atoms. The molecule has 0 spiro atoms. The number of rotatable bonds is 4. The zero-order valence-corrected chi connectivity index (χ0v) is 14.7. The number of hydrogen-bond acceptors (Lipinski definition) is 3. The zero-order chi connectivity index (χ0) is 15.5. The van der Waals surface area contributed by atoms with Gasteiger partial charge in [-0.25, -0.2) is 0 Å². The molecule has 0 heterocycles. The van der Waals surface area contributed by atoms with Gasteiger partial charge in [0, 0.05) is 31.8 Å². The summed E-state index contributed by atoms with van der Waals surface area (Å²) in [6.45, 7) is 0. The van der Waals surface area contributed by atoms with Gasteiger partial charge in [-0.2, -0.15) is 0 Å². The molecule has 0 unspecified atom stereocenters. The molecule has 2 aromatic carbocycles. The maximum Gasteiger partial charge on any atom is 0.194 e. The molecule has 1 aliphatic rings. The highest BCUT2D eigenvalue weighted by molar-refractivity contribution is 14.1. The van der Waals surface area contributed by atoms with Crippen molar-refractivity contribution in [3.63, 3.8) is 0 Å². The first-order chi connectivity index (χ1) is 10.7. The summed E-state index contributed by atoms with van der Waals surface area (Å²) in [4.78, 5) is 26.0. The lowest BCUT2D eigenvalue weighted by atomic mass is 9.86. The van der Waals surface area contributed by atoms with E-state index in [4.69, 9.17) is 0 Å². The number of allylic oxidation sites excluding steroid dienone is 2. The Balaban J connectivity index is 1.92. The van der Waals surface area contributed by atoms with Gasteiger partial charge in [0.25, 0.3) is 0 Å². The van der Waals surface area contributed by atoms with Crippen LogP contribution in [0.15, 0.2) is 59.5 Å². The quantitative estimate of drug-likeness (QED) is 0.410. The molecule has 0 amide bonds. The molecule has 2 aromatic rings. The van der Waals surface area contributed by atoms with E-state index in [9.17, 15) is 9.59 Å². The molecule has 2 nitrogen and oxygen atoms in total. The van der Waals surface area contributed by atoms with E-state index >= 15 is 0 Å². The standard InChI is InChI=1S/C18H13IO2S/c19-9-10-22-13-7-5-12(6-8-13)16-11-17(20)14-3-1-2-4-15(14)18(16)21/h1-8,11H,9-10H2. The van der Waals surface area contributed by atoms with Crippen molar-refractivity contribution in [2.75, 3.05) is 10.2 Å². The maximum atomic E-state index is 12.6. The smallest absolute Gasteiger partial charge is 0.194 e. The molecule has 110 valence electrons. The third kappa shape index (κ3) is 3.03. The molecule has 3 rings (SSSR count). The van der Waals surface area contributed by atoms with Crippen molar-refractivity contribution in [3.05, 3.63) is 71.3 Å². The number of benzene rings is 2. The summed E-state index contributed by atoms with van der Waals surface area (Å²) in [5.74, 6) is 0.879. The molecule has 0 aromatic heterocycles. The molecule has 4 heteroatoms. The summed E-state index contributed by atoms with van der Waals surface area (Å²) in [6, 6.07) is 14.8. The molecule has 22 heavy (non-hydrogen) atoms. The molecule has 0 N–H and O–H groups in total. The summed E-state index contributed by atoms with van der Waals surface area (Å²) in [6.07, 6.45) is 1.46. The van der Waals surface area contributed by atoms with E-state index in [2.05, 4.69) is 22.6 Å². The van der Waals surface area contributed by atoms with Crippen LogP contribution in [0.2, 0.25) is 0 Å². The number of Topliss-reactive ketones (excluding diaryl/α,β-unsaturated/α-hetero) is 1. The largest absolute Gasteiger partial charge is 0.289 e. The summed E-state index contributed by atoms with van der Waals surface area (Å²) < 4.78 is 1.10. The van der Waals surface area contributed by atoms with Gasteiger partial charge in [-0.1, -0.05) is 59.0 Å². The minimum Gasteiger partial charge on any atom is -0.289 e. The van der Waals surface area contributed by atoms with Gasteiger partial charge >= 0.3 is 0 Å². The SMILES string of the molecule is O=C1C=C(c2ccc(SCCI)cc2)C(=O)c2ccccc21. The van der Waals surface area contributed by atoms with Gasteiger partial charge in [0.1, 0.15) is 0 Å². The van der Waals surface area contributed by atoms with Gasteiger partial charge in [0.15, 0.2) is 11.6 Å². The van der Waals surface area contributed by atoms with Crippen LogP contribution in [0.4, 0.5) is 0 Å². The Morgan fingerprint density at radius 2 is 1.59 bits per heavy atom. The van der Waals surface area contributed by atoms with Crippen LogP contribution in [-0.2, 0) is 0 Å². The van der Waals surface area contributed by atoms with Crippen molar-refractivity contribution in [1.82, 2.24) is 0 Å². The Labute approximate surface area is 147 Å². The first-order valence-corrected chi connectivity index (χ1v) is 9.41. The summed E-state index contributed by atoms with van der Waals surface area (Å²) in [7, 11) is 0. The number of carbonyl (C=O) groups is 2. The molecule has 0 fully saturated rings. The topological polar surface area (TPSA) is 34.1 Å². The molecule has 0 saturated carbocycles. The number of carbonyl (C=O) groups excluding carboxylic acids is 2. The van der Waals surface area contributed by atoms with Crippen molar-refractivity contribution in [1.29, 1.82) is 0 Å². The predicted octanol–water partition coefficient (Wildman–Crippen LogP) is 4.68. The van der Waals surface area contributed by atoms with E-state index < -0.39 is 0 Å². The van der Waals surface area contributed by atoms with Crippen LogP contribution in [0.5, 0.6) is 0 Å². The van der Waals surface area contributed by atoms with E-state index in [1.54, 1.807) is 36.0 Å². The Hall–Kier alpha value is -1.40. The fourth-order valence-electron chi connectivity index (χ4n) is 2.42. The van der Waals surface area contributed by atoms with Gasteiger partial charge in [-0.15, -0.1) is 11.8 Å². The highest BCUT2D eigenvalue weighted by Gasteiger charge is 2.25. The lowest BCUT2D eigenvalue weighted by Gasteiger charge is -2.15. The van der Waals surface area contributed by atoms with Crippen molar-refractivity contribution < 1.29 is 9.59 Å². The Morgan fingerprint density at radius 3 is 2.27 bits per heavy atom. The number of hydrogen-bond donors (Lipinski definition) is 0. The minimum atomic E-state index is -0.103. The second kappa shape index (κ2) is 6.79. The predicted molar refractivity (Wildman–Crippen MR) is 99.1 cm³/mol. The number of thioether (sulfide) groups is 1. The highest BCUT2D eigenvalue weighted by Crippen LogP contribution is 2.29. The molecule has 0 atom stereocenters. The van der Waals surface area contributed by atoms with Crippen molar-refractivity contribution in [3.8, 4) is 0 Å². The van der Waals surface area contributed by atoms with E-state index in [0.717, 1.165) is 15.7 Å². The van der Waals surface area contributed by atoms with Crippen LogP contribution in [-0.4, -0.2) is 21.7 Å². The van der Waals surface area contributed by atoms with Crippen molar-refractivity contribution in [2.45, 2.75) is 4.90 Å². The van der Waals surface area contributed by atoms with Crippen molar-refractivity contribution in [2.24, 2.45) is 0 Å². The Bertz CT molecular complexity index is 763. The second-order valence-electron chi connectivity index (χ2n) is 4.86.